The van der Waals surface area contributed by atoms with Gasteiger partial charge >= 0.3 is 0 Å². The first-order valence-electron chi connectivity index (χ1n) is 6.81. The van der Waals surface area contributed by atoms with Crippen molar-refractivity contribution in [1.82, 2.24) is 0 Å². The highest BCUT2D eigenvalue weighted by molar-refractivity contribution is 6.00. The Morgan fingerprint density at radius 1 is 1.47 bits per heavy atom. The van der Waals surface area contributed by atoms with Gasteiger partial charge in [0.2, 0.25) is 0 Å². The van der Waals surface area contributed by atoms with E-state index in [0.29, 0.717) is 11.3 Å². The van der Waals surface area contributed by atoms with Crippen LogP contribution in [0, 0.1) is 0 Å². The van der Waals surface area contributed by atoms with Crippen LogP contribution in [0.15, 0.2) is 18.2 Å². The van der Waals surface area contributed by atoms with Gasteiger partial charge in [-0.3, -0.25) is 4.79 Å². The van der Waals surface area contributed by atoms with Crippen LogP contribution in [0.3, 0.4) is 0 Å². The Morgan fingerprint density at radius 3 is 2.89 bits per heavy atom. The van der Waals surface area contributed by atoms with Crippen LogP contribution in [-0.2, 0) is 4.74 Å². The van der Waals surface area contributed by atoms with Crippen LogP contribution in [-0.4, -0.2) is 32.1 Å². The number of Topliss-reactive ketones (excluding diaryl/α,β-unsaturated/α-hetero) is 1. The lowest BCUT2D eigenvalue weighted by Crippen LogP contribution is -2.33. The third-order valence-corrected chi connectivity index (χ3v) is 3.61. The van der Waals surface area contributed by atoms with E-state index in [1.54, 1.807) is 13.0 Å². The standard InChI is InChI=1S/C15H22N2O2/c1-11(18)14-9-12(6-7-15(14)16)17(2)10-13-5-3-4-8-19-13/h6-7,9,13H,3-5,8,10,16H2,1-2H3. The number of nitrogen functional groups attached to an aromatic ring is 1. The molecule has 1 aliphatic rings. The normalized spacial score (nSPS) is 19.2. The van der Waals surface area contributed by atoms with Crippen molar-refractivity contribution in [2.45, 2.75) is 32.3 Å². The summed E-state index contributed by atoms with van der Waals surface area (Å²) in [6.45, 7) is 3.25. The minimum Gasteiger partial charge on any atom is -0.398 e. The number of likely N-dealkylation sites (N-methyl/N-ethyl adjacent to an activating group) is 1. The first kappa shape index (κ1) is 13.9. The molecule has 1 saturated heterocycles. The minimum atomic E-state index is 0.00154. The molecule has 1 atom stereocenters. The number of nitrogens with two attached hydrogens (primary N) is 1. The van der Waals surface area contributed by atoms with Gasteiger partial charge in [-0.15, -0.1) is 0 Å². The molecule has 0 aromatic heterocycles. The molecule has 0 spiro atoms. The van der Waals surface area contributed by atoms with Crippen molar-refractivity contribution in [2.75, 3.05) is 30.8 Å². The highest BCUT2D eigenvalue weighted by Crippen LogP contribution is 2.22. The molecule has 2 N–H and O–H groups in total. The zero-order chi connectivity index (χ0) is 13.8. The van der Waals surface area contributed by atoms with Gasteiger partial charge in [-0.25, -0.2) is 0 Å². The van der Waals surface area contributed by atoms with Gasteiger partial charge in [0.15, 0.2) is 5.78 Å². The van der Waals surface area contributed by atoms with Gasteiger partial charge in [-0.1, -0.05) is 0 Å². The maximum atomic E-state index is 11.5. The van der Waals surface area contributed by atoms with Gasteiger partial charge in [0.25, 0.3) is 0 Å². The number of hydrogen-bond donors (Lipinski definition) is 1. The number of ether oxygens (including phenoxy) is 1. The average Bonchev–Trinajstić information content (AvgIpc) is 2.40. The van der Waals surface area contributed by atoms with Gasteiger partial charge in [0.05, 0.1) is 6.10 Å². The molecule has 0 aliphatic carbocycles. The minimum absolute atomic E-state index is 0.00154. The molecule has 0 bridgehead atoms. The Kier molecular flexibility index (Phi) is 4.43. The van der Waals surface area contributed by atoms with Gasteiger partial charge in [-0.05, 0) is 44.4 Å². The van der Waals surface area contributed by atoms with Gasteiger partial charge in [-0.2, -0.15) is 0 Å². The first-order chi connectivity index (χ1) is 9.08. The predicted octanol–water partition coefficient (Wildman–Crippen LogP) is 2.48. The zero-order valence-corrected chi connectivity index (χ0v) is 11.7. The van der Waals surface area contributed by atoms with Crippen LogP contribution in [0.5, 0.6) is 0 Å². The Balaban J connectivity index is 2.07. The number of rotatable bonds is 4. The van der Waals surface area contributed by atoms with E-state index in [4.69, 9.17) is 10.5 Å². The van der Waals surface area contributed by atoms with E-state index in [-0.39, 0.29) is 11.9 Å². The van der Waals surface area contributed by atoms with E-state index < -0.39 is 0 Å². The molecule has 1 aromatic carbocycles. The zero-order valence-electron chi connectivity index (χ0n) is 11.7. The molecular weight excluding hydrogens is 240 g/mol. The Labute approximate surface area is 114 Å². The monoisotopic (exact) mass is 262 g/mol. The number of benzene rings is 1. The van der Waals surface area contributed by atoms with Crippen molar-refractivity contribution in [3.8, 4) is 0 Å². The highest BCUT2D eigenvalue weighted by Gasteiger charge is 2.17. The Hall–Kier alpha value is -1.55. The molecule has 19 heavy (non-hydrogen) atoms. The van der Waals surface area contributed by atoms with Crippen LogP contribution in [0.1, 0.15) is 36.5 Å². The second kappa shape index (κ2) is 6.06. The molecule has 2 rings (SSSR count). The van der Waals surface area contributed by atoms with Gasteiger partial charge in [0, 0.05) is 37.1 Å². The fourth-order valence-electron chi connectivity index (χ4n) is 2.45. The number of carbonyl (C=O) groups excluding carboxylic acids is 1. The summed E-state index contributed by atoms with van der Waals surface area (Å²) in [5.41, 5.74) is 7.95. The fourth-order valence-corrected chi connectivity index (χ4v) is 2.45. The average molecular weight is 262 g/mol. The number of carbonyl (C=O) groups is 1. The molecule has 0 saturated carbocycles. The smallest absolute Gasteiger partial charge is 0.161 e. The van der Waals surface area contributed by atoms with Crippen molar-refractivity contribution < 1.29 is 9.53 Å². The number of ketones is 1. The van der Waals surface area contributed by atoms with Crippen LogP contribution < -0.4 is 10.6 Å². The van der Waals surface area contributed by atoms with E-state index in [2.05, 4.69) is 4.90 Å². The molecule has 4 nitrogen and oxygen atoms in total. The number of nitrogens with zero attached hydrogens (tertiary/aromatic N) is 1. The molecule has 0 amide bonds. The maximum Gasteiger partial charge on any atom is 0.161 e. The van der Waals surface area contributed by atoms with Gasteiger partial charge < -0.3 is 15.4 Å². The van der Waals surface area contributed by atoms with Gasteiger partial charge in [0.1, 0.15) is 0 Å². The van der Waals surface area contributed by atoms with Crippen LogP contribution >= 0.6 is 0 Å². The topological polar surface area (TPSA) is 55.6 Å². The molecule has 4 heteroatoms. The molecule has 104 valence electrons. The van der Waals surface area contributed by atoms with Crippen LogP contribution in [0.2, 0.25) is 0 Å². The third kappa shape index (κ3) is 3.47. The maximum absolute atomic E-state index is 11.5. The summed E-state index contributed by atoms with van der Waals surface area (Å²) < 4.78 is 5.74. The van der Waals surface area contributed by atoms with Crippen molar-refractivity contribution in [2.24, 2.45) is 0 Å². The second-order valence-corrected chi connectivity index (χ2v) is 5.20. The second-order valence-electron chi connectivity index (χ2n) is 5.20. The lowest BCUT2D eigenvalue weighted by atomic mass is 10.1. The van der Waals surface area contributed by atoms with Crippen molar-refractivity contribution in [1.29, 1.82) is 0 Å². The summed E-state index contributed by atoms with van der Waals surface area (Å²) in [6, 6.07) is 5.61. The van der Waals surface area contributed by atoms with Crippen molar-refractivity contribution in [3.05, 3.63) is 23.8 Å². The quantitative estimate of drug-likeness (QED) is 0.669. The predicted molar refractivity (Wildman–Crippen MR) is 77.7 cm³/mol. The van der Waals surface area contributed by atoms with Crippen molar-refractivity contribution in [3.63, 3.8) is 0 Å². The number of hydrogen-bond acceptors (Lipinski definition) is 4. The van der Waals surface area contributed by atoms with E-state index in [1.165, 1.54) is 6.42 Å². The van der Waals surface area contributed by atoms with E-state index in [9.17, 15) is 4.79 Å². The molecule has 1 fully saturated rings. The van der Waals surface area contributed by atoms with E-state index in [0.717, 1.165) is 31.7 Å². The molecule has 1 heterocycles. The van der Waals surface area contributed by atoms with Crippen LogP contribution in [0.25, 0.3) is 0 Å². The first-order valence-corrected chi connectivity index (χ1v) is 6.81. The summed E-state index contributed by atoms with van der Waals surface area (Å²) in [7, 11) is 2.02. The fraction of sp³-hybridized carbons (Fsp3) is 0.533. The summed E-state index contributed by atoms with van der Waals surface area (Å²) in [5, 5.41) is 0. The Morgan fingerprint density at radius 2 is 2.26 bits per heavy atom. The number of anilines is 2. The summed E-state index contributed by atoms with van der Waals surface area (Å²) in [6.07, 6.45) is 3.80. The molecule has 1 aliphatic heterocycles. The summed E-state index contributed by atoms with van der Waals surface area (Å²) in [5.74, 6) is 0.00154. The molecular formula is C15H22N2O2. The Bertz CT molecular complexity index is 453. The van der Waals surface area contributed by atoms with Crippen molar-refractivity contribution >= 4 is 17.2 Å². The largest absolute Gasteiger partial charge is 0.398 e. The third-order valence-electron chi connectivity index (χ3n) is 3.61. The molecule has 0 radical (unpaired) electrons. The van der Waals surface area contributed by atoms with E-state index >= 15 is 0 Å². The lowest BCUT2D eigenvalue weighted by molar-refractivity contribution is 0.0216. The summed E-state index contributed by atoms with van der Waals surface area (Å²) >= 11 is 0. The van der Waals surface area contributed by atoms with E-state index in [1.807, 2.05) is 19.2 Å². The summed E-state index contributed by atoms with van der Waals surface area (Å²) in [4.78, 5) is 13.6. The SMILES string of the molecule is CC(=O)c1cc(N(C)CC2CCCCO2)ccc1N. The molecule has 1 aromatic rings. The lowest BCUT2D eigenvalue weighted by Gasteiger charge is -2.29. The highest BCUT2D eigenvalue weighted by atomic mass is 16.5. The molecule has 1 unspecified atom stereocenters. The van der Waals surface area contributed by atoms with Crippen LogP contribution in [0.4, 0.5) is 11.4 Å².